The van der Waals surface area contributed by atoms with Gasteiger partial charge in [-0.15, -0.1) is 0 Å². The molecule has 4 heterocycles. The van der Waals surface area contributed by atoms with E-state index in [0.717, 1.165) is 36.9 Å². The number of aromatic nitrogens is 1. The summed E-state index contributed by atoms with van der Waals surface area (Å²) < 4.78 is 7.57. The first-order chi connectivity index (χ1) is 12.6. The molecule has 134 valence electrons. The molecule has 0 bridgehead atoms. The van der Waals surface area contributed by atoms with Gasteiger partial charge in [-0.2, -0.15) is 0 Å². The standard InChI is InChI=1S/C21H22N2O3/c1-12-16(10-24)15-9-19-20-14(7-8-22(19)2)13-5-3-4-6-18(13)23(20)21(25)17(15)11-26-12/h3-6,10-12,15-16,19H,7-9H2,1-2H3/t12-,15-,16-,19+/m0/s1. The number of carbonyl (C=O) groups excluding carboxylic acids is 2. The number of para-hydroxylation sites is 1. The molecule has 26 heavy (non-hydrogen) atoms. The highest BCUT2D eigenvalue weighted by Crippen LogP contribution is 2.46. The Morgan fingerprint density at radius 1 is 1.27 bits per heavy atom. The SMILES string of the molecule is C[C@@H]1OC=C2C(=O)n3c4c(c5ccccc53)CCN(C)[C@@H]4C[C@H]2[C@H]1C=O. The molecule has 0 saturated heterocycles. The van der Waals surface area contributed by atoms with E-state index in [4.69, 9.17) is 4.74 Å². The monoisotopic (exact) mass is 350 g/mol. The van der Waals surface area contributed by atoms with Gasteiger partial charge in [0, 0.05) is 23.5 Å². The number of benzene rings is 1. The number of likely N-dealkylation sites (N-methyl/N-ethyl adjacent to an activating group) is 1. The summed E-state index contributed by atoms with van der Waals surface area (Å²) in [4.78, 5) is 27.7. The van der Waals surface area contributed by atoms with Crippen LogP contribution in [0.25, 0.3) is 10.9 Å². The minimum Gasteiger partial charge on any atom is -0.497 e. The number of fused-ring (bicyclic) bond motifs is 4. The number of hydrogen-bond acceptors (Lipinski definition) is 4. The third kappa shape index (κ3) is 1.95. The Morgan fingerprint density at radius 2 is 2.08 bits per heavy atom. The number of allylic oxidation sites excluding steroid dienone is 1. The summed E-state index contributed by atoms with van der Waals surface area (Å²) in [6.45, 7) is 2.87. The van der Waals surface area contributed by atoms with Crippen molar-refractivity contribution in [1.82, 2.24) is 9.47 Å². The van der Waals surface area contributed by atoms with E-state index < -0.39 is 0 Å². The highest BCUT2D eigenvalue weighted by atomic mass is 16.5. The third-order valence-electron chi connectivity index (χ3n) is 6.48. The van der Waals surface area contributed by atoms with Crippen molar-refractivity contribution < 1.29 is 14.3 Å². The zero-order valence-electron chi connectivity index (χ0n) is 15.0. The lowest BCUT2D eigenvalue weighted by molar-refractivity contribution is -0.117. The van der Waals surface area contributed by atoms with E-state index in [9.17, 15) is 9.59 Å². The van der Waals surface area contributed by atoms with Crippen LogP contribution in [0.1, 0.15) is 35.4 Å². The van der Waals surface area contributed by atoms with Crippen LogP contribution in [0, 0.1) is 11.8 Å². The zero-order chi connectivity index (χ0) is 18.0. The molecule has 2 aromatic rings. The lowest BCUT2D eigenvalue weighted by Crippen LogP contribution is -2.38. The second kappa shape index (κ2) is 5.55. The first-order valence-electron chi connectivity index (χ1n) is 9.29. The van der Waals surface area contributed by atoms with Crippen LogP contribution in [0.4, 0.5) is 0 Å². The first kappa shape index (κ1) is 15.8. The van der Waals surface area contributed by atoms with Crippen LogP contribution in [0.15, 0.2) is 36.1 Å². The van der Waals surface area contributed by atoms with Crippen LogP contribution < -0.4 is 0 Å². The van der Waals surface area contributed by atoms with Gasteiger partial charge in [0.15, 0.2) is 0 Å². The predicted octanol–water partition coefficient (Wildman–Crippen LogP) is 2.95. The van der Waals surface area contributed by atoms with Crippen molar-refractivity contribution >= 4 is 23.1 Å². The van der Waals surface area contributed by atoms with Crippen LogP contribution in [-0.4, -0.2) is 41.4 Å². The van der Waals surface area contributed by atoms with Gasteiger partial charge >= 0.3 is 0 Å². The summed E-state index contributed by atoms with van der Waals surface area (Å²) in [7, 11) is 2.12. The Hall–Kier alpha value is -2.40. The second-order valence-corrected chi connectivity index (χ2v) is 7.74. The van der Waals surface area contributed by atoms with Crippen molar-refractivity contribution in [2.24, 2.45) is 11.8 Å². The smallest absolute Gasteiger partial charge is 0.261 e. The quantitative estimate of drug-likeness (QED) is 0.742. The van der Waals surface area contributed by atoms with E-state index >= 15 is 0 Å². The molecule has 0 unspecified atom stereocenters. The maximum atomic E-state index is 13.5. The molecule has 3 aliphatic heterocycles. The number of rotatable bonds is 1. The molecule has 3 aliphatic rings. The first-order valence-corrected chi connectivity index (χ1v) is 9.29. The fraction of sp³-hybridized carbons (Fsp3) is 0.429. The number of carbonyl (C=O) groups is 2. The topological polar surface area (TPSA) is 51.5 Å². The number of ether oxygens (including phenoxy) is 1. The van der Waals surface area contributed by atoms with Gasteiger partial charge in [0.1, 0.15) is 12.4 Å². The molecule has 4 atom stereocenters. The van der Waals surface area contributed by atoms with Crippen molar-refractivity contribution in [3.05, 3.63) is 47.4 Å². The normalized spacial score (nSPS) is 30.8. The Bertz CT molecular complexity index is 958. The predicted molar refractivity (Wildman–Crippen MR) is 97.9 cm³/mol. The minimum atomic E-state index is -0.284. The molecule has 0 radical (unpaired) electrons. The van der Waals surface area contributed by atoms with Gasteiger partial charge in [0.25, 0.3) is 5.91 Å². The molecule has 5 nitrogen and oxygen atoms in total. The highest BCUT2D eigenvalue weighted by Gasteiger charge is 2.45. The van der Waals surface area contributed by atoms with Crippen LogP contribution in [0.3, 0.4) is 0 Å². The van der Waals surface area contributed by atoms with E-state index in [-0.39, 0.29) is 29.9 Å². The molecule has 5 heteroatoms. The molecular formula is C21H22N2O3. The van der Waals surface area contributed by atoms with Crippen LogP contribution in [0.5, 0.6) is 0 Å². The van der Waals surface area contributed by atoms with Crippen molar-refractivity contribution in [2.45, 2.75) is 31.9 Å². The Balaban J connectivity index is 1.80. The summed E-state index contributed by atoms with van der Waals surface area (Å²) in [5.74, 6) is -0.418. The van der Waals surface area contributed by atoms with Gasteiger partial charge in [-0.1, -0.05) is 18.2 Å². The lowest BCUT2D eigenvalue weighted by Gasteiger charge is -2.37. The van der Waals surface area contributed by atoms with Gasteiger partial charge in [-0.3, -0.25) is 14.3 Å². The molecular weight excluding hydrogens is 328 g/mol. The largest absolute Gasteiger partial charge is 0.497 e. The summed E-state index contributed by atoms with van der Waals surface area (Å²) in [5.41, 5.74) is 3.99. The van der Waals surface area contributed by atoms with Crippen molar-refractivity contribution in [3.63, 3.8) is 0 Å². The van der Waals surface area contributed by atoms with Gasteiger partial charge in [-0.05, 0) is 38.4 Å². The number of aldehydes is 1. The van der Waals surface area contributed by atoms with Crippen LogP contribution >= 0.6 is 0 Å². The summed E-state index contributed by atoms with van der Waals surface area (Å²) in [6, 6.07) is 8.29. The average Bonchev–Trinajstić information content (AvgIpc) is 2.91. The molecule has 5 rings (SSSR count). The van der Waals surface area contributed by atoms with E-state index in [1.807, 2.05) is 29.7 Å². The van der Waals surface area contributed by atoms with E-state index in [2.05, 4.69) is 18.0 Å². The summed E-state index contributed by atoms with van der Waals surface area (Å²) in [5, 5.41) is 1.17. The van der Waals surface area contributed by atoms with E-state index in [0.29, 0.717) is 5.57 Å². The van der Waals surface area contributed by atoms with E-state index in [1.54, 1.807) is 6.26 Å². The van der Waals surface area contributed by atoms with Gasteiger partial charge < -0.3 is 9.53 Å². The molecule has 0 spiro atoms. The molecule has 0 fully saturated rings. The van der Waals surface area contributed by atoms with Gasteiger partial charge in [-0.25, -0.2) is 0 Å². The number of hydrogen-bond donors (Lipinski definition) is 0. The number of nitrogens with zero attached hydrogens (tertiary/aromatic N) is 2. The summed E-state index contributed by atoms with van der Waals surface area (Å²) >= 11 is 0. The highest BCUT2D eigenvalue weighted by molar-refractivity contribution is 6.05. The zero-order valence-corrected chi connectivity index (χ0v) is 15.0. The maximum Gasteiger partial charge on any atom is 0.261 e. The Labute approximate surface area is 152 Å². The van der Waals surface area contributed by atoms with E-state index in [1.165, 1.54) is 10.9 Å². The minimum absolute atomic E-state index is 0.0380. The van der Waals surface area contributed by atoms with Gasteiger partial charge in [0.2, 0.25) is 0 Å². The molecule has 0 N–H and O–H groups in total. The Morgan fingerprint density at radius 3 is 2.88 bits per heavy atom. The maximum absolute atomic E-state index is 13.5. The fourth-order valence-electron chi connectivity index (χ4n) is 5.06. The molecule has 0 amide bonds. The van der Waals surface area contributed by atoms with Crippen LogP contribution in [-0.2, 0) is 16.0 Å². The van der Waals surface area contributed by atoms with Gasteiger partial charge in [0.05, 0.1) is 29.3 Å². The van der Waals surface area contributed by atoms with Crippen molar-refractivity contribution in [2.75, 3.05) is 13.6 Å². The lowest BCUT2D eigenvalue weighted by atomic mass is 9.77. The van der Waals surface area contributed by atoms with Crippen LogP contribution in [0.2, 0.25) is 0 Å². The average molecular weight is 350 g/mol. The molecule has 1 aromatic heterocycles. The molecule has 0 saturated carbocycles. The molecule has 0 aliphatic carbocycles. The van der Waals surface area contributed by atoms with Crippen molar-refractivity contribution in [1.29, 1.82) is 0 Å². The molecule has 1 aromatic carbocycles. The fourth-order valence-corrected chi connectivity index (χ4v) is 5.06. The Kier molecular flexibility index (Phi) is 3.38. The van der Waals surface area contributed by atoms with Crippen molar-refractivity contribution in [3.8, 4) is 0 Å². The summed E-state index contributed by atoms with van der Waals surface area (Å²) in [6.07, 6.45) is 4.09. The third-order valence-corrected chi connectivity index (χ3v) is 6.48. The second-order valence-electron chi connectivity index (χ2n) is 7.74.